The fraction of sp³-hybridized carbons (Fsp3) is 0.0455. The van der Waals surface area contributed by atoms with Crippen LogP contribution in [0.2, 0.25) is 5.02 Å². The van der Waals surface area contributed by atoms with Gasteiger partial charge >= 0.3 is 0 Å². The van der Waals surface area contributed by atoms with Crippen molar-refractivity contribution in [3.8, 4) is 11.1 Å². The number of halogens is 1. The molecular weight excluding hydrogens is 386 g/mol. The van der Waals surface area contributed by atoms with Gasteiger partial charge in [-0.3, -0.25) is 10.1 Å². The van der Waals surface area contributed by atoms with E-state index >= 15 is 0 Å². The van der Waals surface area contributed by atoms with Crippen LogP contribution < -0.4 is 5.32 Å². The molecule has 0 aliphatic heterocycles. The first-order chi connectivity index (χ1) is 14.1. The van der Waals surface area contributed by atoms with Crippen molar-refractivity contribution in [2.24, 2.45) is 0 Å². The van der Waals surface area contributed by atoms with Crippen LogP contribution in [-0.2, 0) is 0 Å². The highest BCUT2D eigenvalue weighted by molar-refractivity contribution is 6.30. The molecule has 0 bridgehead atoms. The Bertz CT molecular complexity index is 1380. The van der Waals surface area contributed by atoms with Crippen molar-refractivity contribution in [1.82, 2.24) is 19.4 Å². The second-order valence-electron chi connectivity index (χ2n) is 6.80. The normalized spacial score (nSPS) is 11.2. The van der Waals surface area contributed by atoms with Gasteiger partial charge in [-0.15, -0.1) is 0 Å². The first-order valence-corrected chi connectivity index (χ1v) is 9.46. The first kappa shape index (κ1) is 17.5. The Morgan fingerprint density at radius 3 is 2.69 bits per heavy atom. The summed E-state index contributed by atoms with van der Waals surface area (Å²) in [6.07, 6.45) is 1.72. The number of hydrogen-bond donors (Lipinski definition) is 2. The van der Waals surface area contributed by atoms with Crippen molar-refractivity contribution in [3.05, 3.63) is 83.3 Å². The third-order valence-electron chi connectivity index (χ3n) is 4.80. The molecule has 5 aromatic rings. The number of pyridine rings is 1. The Labute approximate surface area is 171 Å². The summed E-state index contributed by atoms with van der Waals surface area (Å²) < 4.78 is 1.88. The molecule has 0 unspecified atom stereocenters. The number of hydrogen-bond acceptors (Lipinski definition) is 3. The standard InChI is InChI=1S/C22H16ClN5O/c1-13-4-2-7-20-24-19(12-28(13)20)21(29)27-22-25-17-9-8-15(11-18(17)26-22)14-5-3-6-16(23)10-14/h2-12H,1H3,(H2,25,26,27,29). The number of rotatable bonds is 3. The van der Waals surface area contributed by atoms with E-state index in [4.69, 9.17) is 11.6 Å². The molecule has 3 heterocycles. The van der Waals surface area contributed by atoms with E-state index in [1.54, 1.807) is 6.20 Å². The Hall–Kier alpha value is -3.64. The number of amides is 1. The molecule has 2 N–H and O–H groups in total. The molecule has 0 atom stereocenters. The lowest BCUT2D eigenvalue weighted by atomic mass is 10.1. The molecule has 0 fully saturated rings. The van der Waals surface area contributed by atoms with E-state index < -0.39 is 0 Å². The van der Waals surface area contributed by atoms with Crippen LogP contribution >= 0.6 is 11.6 Å². The van der Waals surface area contributed by atoms with Gasteiger partial charge in [0.15, 0.2) is 0 Å². The Morgan fingerprint density at radius 2 is 1.86 bits per heavy atom. The van der Waals surface area contributed by atoms with Gasteiger partial charge in [0.25, 0.3) is 5.91 Å². The van der Waals surface area contributed by atoms with Gasteiger partial charge in [-0.1, -0.05) is 35.9 Å². The molecule has 0 aliphatic carbocycles. The van der Waals surface area contributed by atoms with Crippen molar-refractivity contribution in [2.45, 2.75) is 6.92 Å². The molecule has 6 nitrogen and oxygen atoms in total. The zero-order valence-electron chi connectivity index (χ0n) is 15.5. The molecule has 0 saturated carbocycles. The SMILES string of the molecule is Cc1cccc2nc(C(=O)Nc3nc4ccc(-c5cccc(Cl)c5)cc4[nH]3)cn12. The molecule has 1 amide bonds. The number of carbonyl (C=O) groups is 1. The van der Waals surface area contributed by atoms with Crippen molar-refractivity contribution in [3.63, 3.8) is 0 Å². The topological polar surface area (TPSA) is 75.1 Å². The number of carbonyl (C=O) groups excluding carboxylic acids is 1. The lowest BCUT2D eigenvalue weighted by molar-refractivity contribution is 0.102. The zero-order valence-corrected chi connectivity index (χ0v) is 16.2. The van der Waals surface area contributed by atoms with Gasteiger partial charge in [-0.05, 0) is 54.4 Å². The lowest BCUT2D eigenvalue weighted by Crippen LogP contribution is -2.13. The summed E-state index contributed by atoms with van der Waals surface area (Å²) in [4.78, 5) is 24.6. The van der Waals surface area contributed by atoms with Gasteiger partial charge < -0.3 is 9.38 Å². The quantitative estimate of drug-likeness (QED) is 0.442. The number of aromatic amines is 1. The summed E-state index contributed by atoms with van der Waals surface area (Å²) >= 11 is 6.10. The molecule has 3 aromatic heterocycles. The van der Waals surface area contributed by atoms with Crippen LogP contribution in [0.15, 0.2) is 66.9 Å². The Morgan fingerprint density at radius 1 is 1.03 bits per heavy atom. The number of aryl methyl sites for hydroxylation is 1. The van der Waals surface area contributed by atoms with Crippen molar-refractivity contribution in [2.75, 3.05) is 5.32 Å². The van der Waals surface area contributed by atoms with Crippen molar-refractivity contribution < 1.29 is 4.79 Å². The average molecular weight is 402 g/mol. The molecular formula is C22H16ClN5O. The molecule has 7 heteroatoms. The van der Waals surface area contributed by atoms with Crippen LogP contribution in [-0.4, -0.2) is 25.3 Å². The number of benzene rings is 2. The Kier molecular flexibility index (Phi) is 4.07. The first-order valence-electron chi connectivity index (χ1n) is 9.09. The minimum absolute atomic E-state index is 0.317. The van der Waals surface area contributed by atoms with Crippen LogP contribution in [0.1, 0.15) is 16.2 Å². The van der Waals surface area contributed by atoms with Gasteiger partial charge in [-0.2, -0.15) is 0 Å². The van der Waals surface area contributed by atoms with Gasteiger partial charge in [0.2, 0.25) is 5.95 Å². The van der Waals surface area contributed by atoms with Gasteiger partial charge in [0.1, 0.15) is 11.3 Å². The molecule has 2 aromatic carbocycles. The molecule has 29 heavy (non-hydrogen) atoms. The fourth-order valence-corrected chi connectivity index (χ4v) is 3.54. The highest BCUT2D eigenvalue weighted by atomic mass is 35.5. The van der Waals surface area contributed by atoms with Crippen LogP contribution in [0, 0.1) is 6.92 Å². The maximum absolute atomic E-state index is 12.6. The monoisotopic (exact) mass is 401 g/mol. The summed E-state index contributed by atoms with van der Waals surface area (Å²) in [5.41, 5.74) is 5.68. The second-order valence-corrected chi connectivity index (χ2v) is 7.24. The van der Waals surface area contributed by atoms with E-state index in [2.05, 4.69) is 20.3 Å². The van der Waals surface area contributed by atoms with Crippen molar-refractivity contribution in [1.29, 1.82) is 0 Å². The molecule has 5 rings (SSSR count). The summed E-state index contributed by atoms with van der Waals surface area (Å²) in [6.45, 7) is 1.97. The lowest BCUT2D eigenvalue weighted by Gasteiger charge is -2.01. The van der Waals surface area contributed by atoms with Crippen LogP contribution in [0.3, 0.4) is 0 Å². The average Bonchev–Trinajstić information content (AvgIpc) is 3.31. The van der Waals surface area contributed by atoms with Crippen LogP contribution in [0.4, 0.5) is 5.95 Å². The van der Waals surface area contributed by atoms with E-state index in [-0.39, 0.29) is 5.91 Å². The van der Waals surface area contributed by atoms with Crippen LogP contribution in [0.5, 0.6) is 0 Å². The molecule has 0 saturated heterocycles. The number of nitrogens with zero attached hydrogens (tertiary/aromatic N) is 3. The molecule has 0 radical (unpaired) electrons. The molecule has 0 aliphatic rings. The minimum atomic E-state index is -0.317. The Balaban J connectivity index is 1.44. The number of aromatic nitrogens is 4. The van der Waals surface area contributed by atoms with E-state index in [9.17, 15) is 4.79 Å². The third-order valence-corrected chi connectivity index (χ3v) is 5.04. The fourth-order valence-electron chi connectivity index (χ4n) is 3.35. The predicted molar refractivity (Wildman–Crippen MR) is 114 cm³/mol. The number of anilines is 1. The maximum Gasteiger partial charge on any atom is 0.278 e. The van der Waals surface area contributed by atoms with E-state index in [1.165, 1.54) is 0 Å². The largest absolute Gasteiger partial charge is 0.324 e. The number of fused-ring (bicyclic) bond motifs is 2. The smallest absolute Gasteiger partial charge is 0.278 e. The van der Waals surface area contributed by atoms with Gasteiger partial charge in [-0.25, -0.2) is 9.97 Å². The van der Waals surface area contributed by atoms with E-state index in [0.29, 0.717) is 16.7 Å². The van der Waals surface area contributed by atoms with E-state index in [0.717, 1.165) is 33.5 Å². The maximum atomic E-state index is 12.6. The summed E-state index contributed by atoms with van der Waals surface area (Å²) in [6, 6.07) is 19.3. The van der Waals surface area contributed by atoms with Gasteiger partial charge in [0.05, 0.1) is 11.0 Å². The number of imidazole rings is 2. The molecule has 142 valence electrons. The van der Waals surface area contributed by atoms with Gasteiger partial charge in [0, 0.05) is 16.9 Å². The third kappa shape index (κ3) is 3.23. The van der Waals surface area contributed by atoms with E-state index in [1.807, 2.05) is 72.0 Å². The minimum Gasteiger partial charge on any atom is -0.324 e. The zero-order chi connectivity index (χ0) is 20.0. The second kappa shape index (κ2) is 6.76. The summed E-state index contributed by atoms with van der Waals surface area (Å²) in [5.74, 6) is 0.0595. The summed E-state index contributed by atoms with van der Waals surface area (Å²) in [5, 5.41) is 3.48. The highest BCUT2D eigenvalue weighted by Gasteiger charge is 2.14. The number of nitrogens with one attached hydrogen (secondary N) is 2. The van der Waals surface area contributed by atoms with Crippen molar-refractivity contribution >= 4 is 40.1 Å². The van der Waals surface area contributed by atoms with Crippen LogP contribution in [0.25, 0.3) is 27.8 Å². The predicted octanol–water partition coefficient (Wildman–Crippen LogP) is 5.09. The number of H-pyrrole nitrogens is 1. The summed E-state index contributed by atoms with van der Waals surface area (Å²) in [7, 11) is 0. The molecule has 0 spiro atoms. The highest BCUT2D eigenvalue weighted by Crippen LogP contribution is 2.26.